The van der Waals surface area contributed by atoms with Gasteiger partial charge in [0.1, 0.15) is 0 Å². The van der Waals surface area contributed by atoms with Crippen molar-refractivity contribution in [3.63, 3.8) is 0 Å². The first-order valence-electron chi connectivity index (χ1n) is 8.13. The second-order valence-electron chi connectivity index (χ2n) is 7.87. The smallest absolute Gasteiger partial charge is 0.0847 e. The van der Waals surface area contributed by atoms with E-state index in [9.17, 15) is 0 Å². The molecule has 1 aromatic heterocycles. The summed E-state index contributed by atoms with van der Waals surface area (Å²) >= 11 is 6.51. The van der Waals surface area contributed by atoms with Gasteiger partial charge in [0.15, 0.2) is 0 Å². The van der Waals surface area contributed by atoms with E-state index in [0.717, 1.165) is 36.1 Å². The number of nitrogens with one attached hydrogen (secondary N) is 1. The minimum absolute atomic E-state index is 0.154. The van der Waals surface area contributed by atoms with Crippen molar-refractivity contribution in [1.29, 1.82) is 0 Å². The van der Waals surface area contributed by atoms with Gasteiger partial charge >= 0.3 is 0 Å². The minimum atomic E-state index is 0.154. The largest absolute Gasteiger partial charge is 0.312 e. The molecular formula is C17H30ClN3. The summed E-state index contributed by atoms with van der Waals surface area (Å²) in [5, 5.41) is 9.12. The van der Waals surface area contributed by atoms with Gasteiger partial charge in [-0.3, -0.25) is 4.68 Å². The molecule has 1 aliphatic rings. The van der Waals surface area contributed by atoms with Crippen molar-refractivity contribution in [3.8, 4) is 0 Å². The number of hydrogen-bond donors (Lipinski definition) is 1. The van der Waals surface area contributed by atoms with Crippen LogP contribution >= 0.6 is 11.6 Å². The van der Waals surface area contributed by atoms with Gasteiger partial charge in [-0.05, 0) is 65.2 Å². The van der Waals surface area contributed by atoms with Gasteiger partial charge < -0.3 is 5.32 Å². The Kier molecular flexibility index (Phi) is 4.75. The van der Waals surface area contributed by atoms with E-state index in [2.05, 4.69) is 49.7 Å². The monoisotopic (exact) mass is 311 g/mol. The van der Waals surface area contributed by atoms with Crippen LogP contribution in [0.3, 0.4) is 0 Å². The summed E-state index contributed by atoms with van der Waals surface area (Å²) in [5.74, 6) is 0.809. The average molecular weight is 312 g/mol. The third kappa shape index (κ3) is 4.01. The van der Waals surface area contributed by atoms with Crippen molar-refractivity contribution in [2.24, 2.45) is 11.3 Å². The van der Waals surface area contributed by atoms with E-state index < -0.39 is 0 Å². The first kappa shape index (κ1) is 16.8. The van der Waals surface area contributed by atoms with Gasteiger partial charge in [0.05, 0.1) is 16.4 Å². The summed E-state index contributed by atoms with van der Waals surface area (Å²) in [6.45, 7) is 15.1. The van der Waals surface area contributed by atoms with Crippen LogP contribution in [0.2, 0.25) is 5.02 Å². The average Bonchev–Trinajstić information content (AvgIpc) is 3.20. The maximum atomic E-state index is 6.51. The van der Waals surface area contributed by atoms with Crippen LogP contribution in [0.4, 0.5) is 0 Å². The maximum Gasteiger partial charge on any atom is 0.0847 e. The number of halogens is 1. The van der Waals surface area contributed by atoms with Crippen LogP contribution in [-0.2, 0) is 13.0 Å². The second kappa shape index (κ2) is 5.92. The lowest BCUT2D eigenvalue weighted by Crippen LogP contribution is -2.45. The predicted molar refractivity (Wildman–Crippen MR) is 89.9 cm³/mol. The number of rotatable bonds is 6. The van der Waals surface area contributed by atoms with Crippen molar-refractivity contribution in [2.45, 2.75) is 72.9 Å². The molecule has 2 rings (SSSR count). The molecule has 1 aliphatic carbocycles. The van der Waals surface area contributed by atoms with Crippen LogP contribution in [0.25, 0.3) is 0 Å². The van der Waals surface area contributed by atoms with E-state index in [0.29, 0.717) is 0 Å². The number of aryl methyl sites for hydroxylation is 2. The SMILES string of the molecule is CCn1nc(C)c(Cl)c1CC(C)(CNC(C)(C)C)C1CC1. The van der Waals surface area contributed by atoms with Gasteiger partial charge in [0.2, 0.25) is 0 Å². The normalized spacial score (nSPS) is 18.8. The minimum Gasteiger partial charge on any atom is -0.312 e. The Morgan fingerprint density at radius 1 is 1.29 bits per heavy atom. The van der Waals surface area contributed by atoms with E-state index in [-0.39, 0.29) is 11.0 Å². The molecule has 0 amide bonds. The molecule has 4 heteroatoms. The zero-order valence-electron chi connectivity index (χ0n) is 14.4. The molecule has 0 bridgehead atoms. The van der Waals surface area contributed by atoms with Gasteiger partial charge in [-0.15, -0.1) is 0 Å². The molecule has 0 aromatic carbocycles. The van der Waals surface area contributed by atoms with Crippen molar-refractivity contribution >= 4 is 11.6 Å². The van der Waals surface area contributed by atoms with E-state index in [1.165, 1.54) is 18.5 Å². The number of nitrogens with zero attached hydrogens (tertiary/aromatic N) is 2. The molecule has 1 aromatic rings. The van der Waals surface area contributed by atoms with Crippen molar-refractivity contribution < 1.29 is 0 Å². The summed E-state index contributed by atoms with van der Waals surface area (Å²) in [7, 11) is 0. The van der Waals surface area contributed by atoms with Crippen molar-refractivity contribution in [2.75, 3.05) is 6.54 Å². The molecule has 120 valence electrons. The van der Waals surface area contributed by atoms with Gasteiger partial charge in [-0.25, -0.2) is 0 Å². The molecule has 3 nitrogen and oxygen atoms in total. The van der Waals surface area contributed by atoms with Crippen LogP contribution < -0.4 is 5.32 Å². The Morgan fingerprint density at radius 3 is 2.38 bits per heavy atom. The Morgan fingerprint density at radius 2 is 1.90 bits per heavy atom. The zero-order chi connectivity index (χ0) is 15.8. The fourth-order valence-electron chi connectivity index (χ4n) is 3.02. The number of aromatic nitrogens is 2. The van der Waals surface area contributed by atoms with Crippen LogP contribution in [0, 0.1) is 18.3 Å². The molecule has 21 heavy (non-hydrogen) atoms. The fraction of sp³-hybridized carbons (Fsp3) is 0.824. The number of hydrogen-bond acceptors (Lipinski definition) is 2. The molecule has 0 saturated heterocycles. The maximum absolute atomic E-state index is 6.51. The molecule has 1 atom stereocenters. The molecule has 1 N–H and O–H groups in total. The van der Waals surface area contributed by atoms with Gasteiger partial charge in [0, 0.05) is 18.6 Å². The van der Waals surface area contributed by atoms with Crippen molar-refractivity contribution in [1.82, 2.24) is 15.1 Å². The molecular weight excluding hydrogens is 282 g/mol. The van der Waals surface area contributed by atoms with Crippen LogP contribution in [0.1, 0.15) is 58.8 Å². The zero-order valence-corrected chi connectivity index (χ0v) is 15.1. The Balaban J connectivity index is 2.20. The lowest BCUT2D eigenvalue weighted by atomic mass is 9.79. The summed E-state index contributed by atoms with van der Waals surface area (Å²) in [5.41, 5.74) is 2.58. The molecule has 1 saturated carbocycles. The van der Waals surface area contributed by atoms with E-state index in [1.54, 1.807) is 0 Å². The lowest BCUT2D eigenvalue weighted by molar-refractivity contribution is 0.223. The molecule has 1 fully saturated rings. The van der Waals surface area contributed by atoms with Crippen LogP contribution in [0.15, 0.2) is 0 Å². The summed E-state index contributed by atoms with van der Waals surface area (Å²) in [4.78, 5) is 0. The van der Waals surface area contributed by atoms with E-state index in [4.69, 9.17) is 11.6 Å². The van der Waals surface area contributed by atoms with E-state index >= 15 is 0 Å². The summed E-state index contributed by atoms with van der Waals surface area (Å²) in [6.07, 6.45) is 3.70. The Bertz CT molecular complexity index is 497. The second-order valence-corrected chi connectivity index (χ2v) is 8.25. The third-order valence-electron chi connectivity index (χ3n) is 4.61. The topological polar surface area (TPSA) is 29.9 Å². The quantitative estimate of drug-likeness (QED) is 0.853. The lowest BCUT2D eigenvalue weighted by Gasteiger charge is -2.34. The highest BCUT2D eigenvalue weighted by atomic mass is 35.5. The predicted octanol–water partition coefficient (Wildman–Crippen LogP) is 4.21. The van der Waals surface area contributed by atoms with E-state index in [1.807, 2.05) is 6.92 Å². The molecule has 0 radical (unpaired) electrons. The summed E-state index contributed by atoms with van der Waals surface area (Å²) < 4.78 is 2.08. The third-order valence-corrected chi connectivity index (χ3v) is 5.10. The Labute approximate surface area is 134 Å². The highest BCUT2D eigenvalue weighted by molar-refractivity contribution is 6.31. The fourth-order valence-corrected chi connectivity index (χ4v) is 3.22. The summed E-state index contributed by atoms with van der Waals surface area (Å²) in [6, 6.07) is 0. The Hall–Kier alpha value is -0.540. The molecule has 0 spiro atoms. The van der Waals surface area contributed by atoms with Crippen molar-refractivity contribution in [3.05, 3.63) is 16.4 Å². The first-order chi connectivity index (χ1) is 9.66. The first-order valence-corrected chi connectivity index (χ1v) is 8.51. The van der Waals surface area contributed by atoms with Gasteiger partial charge in [0.25, 0.3) is 0 Å². The van der Waals surface area contributed by atoms with Gasteiger partial charge in [-0.1, -0.05) is 18.5 Å². The molecule has 1 unspecified atom stereocenters. The highest BCUT2D eigenvalue weighted by Gasteiger charge is 2.42. The molecule has 1 heterocycles. The van der Waals surface area contributed by atoms with Gasteiger partial charge in [-0.2, -0.15) is 5.10 Å². The van der Waals surface area contributed by atoms with Crippen LogP contribution in [-0.4, -0.2) is 21.9 Å². The van der Waals surface area contributed by atoms with Crippen LogP contribution in [0.5, 0.6) is 0 Å². The highest BCUT2D eigenvalue weighted by Crippen LogP contribution is 2.48. The molecule has 0 aliphatic heterocycles. The standard InChI is InChI=1S/C17H30ClN3/c1-7-21-14(15(18)12(2)20-21)10-17(6,13-8-9-13)11-19-16(3,4)5/h13,19H,7-11H2,1-6H3.